The average Bonchev–Trinajstić information content (AvgIpc) is 2.70. The second kappa shape index (κ2) is 4.48. The number of aryl methyl sites for hydroxylation is 1. The molecule has 0 bridgehead atoms. The minimum Gasteiger partial charge on any atom is -0.495 e. The van der Waals surface area contributed by atoms with Crippen LogP contribution in [0.5, 0.6) is 5.75 Å². The van der Waals surface area contributed by atoms with Crippen LogP contribution >= 0.6 is 11.6 Å². The van der Waals surface area contributed by atoms with Gasteiger partial charge in [0, 0.05) is 11.3 Å². The van der Waals surface area contributed by atoms with Crippen molar-refractivity contribution in [1.82, 2.24) is 9.97 Å². The number of aromatic amines is 1. The van der Waals surface area contributed by atoms with E-state index in [4.69, 9.17) is 21.6 Å². The Hall–Kier alpha value is -1.99. The van der Waals surface area contributed by atoms with Crippen LogP contribution in [0.4, 0.5) is 0 Å². The number of rotatable bonds is 2. The van der Waals surface area contributed by atoms with E-state index in [2.05, 4.69) is 9.97 Å². The molecule has 0 atom stereocenters. The molecule has 0 saturated carbocycles. The maximum Gasteiger partial charge on any atom is 0.210 e. The van der Waals surface area contributed by atoms with E-state index < -0.39 is 0 Å². The maximum absolute atomic E-state index is 8.77. The van der Waals surface area contributed by atoms with E-state index in [-0.39, 0.29) is 0 Å². The number of halogens is 1. The van der Waals surface area contributed by atoms with E-state index in [1.807, 2.05) is 19.1 Å². The Bertz CT molecular complexity index is 598. The fraction of sp³-hybridized carbons (Fsp3) is 0.167. The highest BCUT2D eigenvalue weighted by Gasteiger charge is 2.10. The predicted octanol–water partition coefficient (Wildman–Crippen LogP) is 2.92. The zero-order valence-electron chi connectivity index (χ0n) is 9.41. The lowest BCUT2D eigenvalue weighted by Gasteiger charge is -2.04. The van der Waals surface area contributed by atoms with Gasteiger partial charge in [-0.15, -0.1) is 0 Å². The topological polar surface area (TPSA) is 61.7 Å². The minimum absolute atomic E-state index is 0.296. The average molecular weight is 248 g/mol. The fourth-order valence-corrected chi connectivity index (χ4v) is 1.87. The van der Waals surface area contributed by atoms with Crippen LogP contribution in [0.25, 0.3) is 11.3 Å². The molecule has 0 radical (unpaired) electrons. The molecule has 86 valence electrons. The van der Waals surface area contributed by atoms with Crippen molar-refractivity contribution in [2.45, 2.75) is 6.92 Å². The molecule has 1 N–H and O–H groups in total. The molecular formula is C12H10ClN3O. The molecule has 0 spiro atoms. The van der Waals surface area contributed by atoms with E-state index in [0.29, 0.717) is 16.6 Å². The zero-order valence-corrected chi connectivity index (χ0v) is 10.2. The van der Waals surface area contributed by atoms with E-state index in [9.17, 15) is 0 Å². The van der Waals surface area contributed by atoms with Crippen LogP contribution in [0, 0.1) is 18.3 Å². The Morgan fingerprint density at radius 3 is 2.76 bits per heavy atom. The van der Waals surface area contributed by atoms with Crippen LogP contribution in [-0.2, 0) is 0 Å². The van der Waals surface area contributed by atoms with Gasteiger partial charge < -0.3 is 9.72 Å². The number of aromatic nitrogens is 2. The van der Waals surface area contributed by atoms with Crippen LogP contribution in [0.3, 0.4) is 0 Å². The van der Waals surface area contributed by atoms with Gasteiger partial charge in [0.25, 0.3) is 0 Å². The van der Waals surface area contributed by atoms with Gasteiger partial charge in [-0.2, -0.15) is 5.26 Å². The summed E-state index contributed by atoms with van der Waals surface area (Å²) >= 11 is 6.04. The van der Waals surface area contributed by atoms with Gasteiger partial charge in [-0.25, -0.2) is 4.98 Å². The summed E-state index contributed by atoms with van der Waals surface area (Å²) < 4.78 is 5.08. The predicted molar refractivity (Wildman–Crippen MR) is 65.0 cm³/mol. The number of hydrogen-bond acceptors (Lipinski definition) is 3. The van der Waals surface area contributed by atoms with E-state index in [0.717, 1.165) is 17.0 Å². The van der Waals surface area contributed by atoms with Gasteiger partial charge in [0.05, 0.1) is 17.8 Å². The summed E-state index contributed by atoms with van der Waals surface area (Å²) in [5.41, 5.74) is 2.42. The first-order valence-electron chi connectivity index (χ1n) is 4.96. The van der Waals surface area contributed by atoms with Gasteiger partial charge in [-0.3, -0.25) is 0 Å². The number of methoxy groups -OCH3 is 1. The van der Waals surface area contributed by atoms with Crippen LogP contribution in [0.1, 0.15) is 11.5 Å². The van der Waals surface area contributed by atoms with Crippen LogP contribution in [0.2, 0.25) is 5.02 Å². The van der Waals surface area contributed by atoms with Crippen LogP contribution in [0.15, 0.2) is 18.2 Å². The number of H-pyrrole nitrogens is 1. The lowest BCUT2D eigenvalue weighted by atomic mass is 10.1. The number of nitrogens with one attached hydrogen (secondary N) is 1. The number of hydrogen-bond donors (Lipinski definition) is 1. The number of nitrogens with zero attached hydrogens (tertiary/aromatic N) is 2. The quantitative estimate of drug-likeness (QED) is 0.888. The van der Waals surface area contributed by atoms with Crippen LogP contribution < -0.4 is 4.74 Å². The first-order valence-corrected chi connectivity index (χ1v) is 5.34. The number of benzene rings is 1. The third-order valence-electron chi connectivity index (χ3n) is 2.42. The summed E-state index contributed by atoms with van der Waals surface area (Å²) in [7, 11) is 1.56. The van der Waals surface area contributed by atoms with Gasteiger partial charge in [0.1, 0.15) is 11.8 Å². The molecule has 0 aliphatic rings. The zero-order chi connectivity index (χ0) is 12.4. The van der Waals surface area contributed by atoms with Crippen LogP contribution in [-0.4, -0.2) is 17.1 Å². The monoisotopic (exact) mass is 247 g/mol. The third kappa shape index (κ3) is 2.10. The molecule has 1 aromatic heterocycles. The molecule has 2 aromatic rings. The molecule has 0 fully saturated rings. The Labute approximate surface area is 104 Å². The Morgan fingerprint density at radius 2 is 2.24 bits per heavy atom. The number of imidazole rings is 1. The van der Waals surface area contributed by atoms with Crippen molar-refractivity contribution in [3.63, 3.8) is 0 Å². The molecule has 2 rings (SSSR count). The highest BCUT2D eigenvalue weighted by molar-refractivity contribution is 6.32. The molecule has 0 unspecified atom stereocenters. The number of nitriles is 1. The summed E-state index contributed by atoms with van der Waals surface area (Å²) in [6.07, 6.45) is 0. The summed E-state index contributed by atoms with van der Waals surface area (Å²) in [5.74, 6) is 0.911. The molecule has 0 saturated heterocycles. The normalized spacial score (nSPS) is 10.0. The highest BCUT2D eigenvalue weighted by Crippen LogP contribution is 2.30. The second-order valence-electron chi connectivity index (χ2n) is 3.52. The fourth-order valence-electron chi connectivity index (χ4n) is 1.61. The Morgan fingerprint density at radius 1 is 1.47 bits per heavy atom. The summed E-state index contributed by atoms with van der Waals surface area (Å²) in [6, 6.07) is 7.37. The van der Waals surface area contributed by atoms with E-state index in [1.165, 1.54) is 0 Å². The molecule has 4 nitrogen and oxygen atoms in total. The Kier molecular flexibility index (Phi) is 3.03. The van der Waals surface area contributed by atoms with Crippen molar-refractivity contribution in [3.05, 3.63) is 34.7 Å². The minimum atomic E-state index is 0.296. The third-order valence-corrected chi connectivity index (χ3v) is 2.71. The van der Waals surface area contributed by atoms with Gasteiger partial charge >= 0.3 is 0 Å². The molecule has 0 amide bonds. The van der Waals surface area contributed by atoms with Gasteiger partial charge in [-0.05, 0) is 25.1 Å². The van der Waals surface area contributed by atoms with Crippen molar-refractivity contribution in [2.75, 3.05) is 7.11 Å². The first-order chi connectivity index (χ1) is 8.15. The molecule has 0 aliphatic carbocycles. The van der Waals surface area contributed by atoms with Crippen molar-refractivity contribution in [1.29, 1.82) is 5.26 Å². The molecule has 5 heteroatoms. The second-order valence-corrected chi connectivity index (χ2v) is 3.93. The van der Waals surface area contributed by atoms with Crippen molar-refractivity contribution < 1.29 is 4.74 Å². The molecule has 1 heterocycles. The van der Waals surface area contributed by atoms with E-state index >= 15 is 0 Å². The van der Waals surface area contributed by atoms with Crippen molar-refractivity contribution in [3.8, 4) is 23.1 Å². The molecule has 17 heavy (non-hydrogen) atoms. The summed E-state index contributed by atoms with van der Waals surface area (Å²) in [4.78, 5) is 7.07. The van der Waals surface area contributed by atoms with E-state index in [1.54, 1.807) is 19.2 Å². The standard InChI is InChI=1S/C12H10ClN3O/c1-7-12(16-11(6-14)15-7)8-3-4-10(17-2)9(13)5-8/h3-5H,1-2H3,(H,15,16). The van der Waals surface area contributed by atoms with Gasteiger partial charge in [0.2, 0.25) is 5.82 Å². The smallest absolute Gasteiger partial charge is 0.210 e. The Balaban J connectivity index is 2.50. The summed E-state index contributed by atoms with van der Waals surface area (Å²) in [6.45, 7) is 1.86. The van der Waals surface area contributed by atoms with Crippen molar-refractivity contribution in [2.24, 2.45) is 0 Å². The lowest BCUT2D eigenvalue weighted by molar-refractivity contribution is 0.415. The van der Waals surface area contributed by atoms with Gasteiger partial charge in [0.15, 0.2) is 0 Å². The SMILES string of the molecule is COc1ccc(-c2nc(C#N)[nH]c2C)cc1Cl. The van der Waals surface area contributed by atoms with Crippen molar-refractivity contribution >= 4 is 11.6 Å². The van der Waals surface area contributed by atoms with Gasteiger partial charge in [-0.1, -0.05) is 11.6 Å². The first kappa shape index (κ1) is 11.5. The molecule has 0 aliphatic heterocycles. The summed E-state index contributed by atoms with van der Waals surface area (Å²) in [5, 5.41) is 9.29. The highest BCUT2D eigenvalue weighted by atomic mass is 35.5. The largest absolute Gasteiger partial charge is 0.495 e. The maximum atomic E-state index is 8.77. The lowest BCUT2D eigenvalue weighted by Crippen LogP contribution is -1.86. The molecule has 1 aromatic carbocycles. The molecular weight excluding hydrogens is 238 g/mol. The number of ether oxygens (including phenoxy) is 1.